The molecule has 12 heteroatoms. The fourth-order valence-electron chi connectivity index (χ4n) is 6.18. The highest BCUT2D eigenvalue weighted by Gasteiger charge is 2.37. The lowest BCUT2D eigenvalue weighted by Gasteiger charge is -2.16. The quantitative estimate of drug-likeness (QED) is 0.0549. The number of ether oxygens (including phenoxy) is 3. The zero-order valence-electron chi connectivity index (χ0n) is 30.8. The summed E-state index contributed by atoms with van der Waals surface area (Å²) in [6.07, 6.45) is 19.2. The third kappa shape index (κ3) is 12.4. The molecule has 1 unspecified atom stereocenters. The van der Waals surface area contributed by atoms with Gasteiger partial charge in [-0.25, -0.2) is 0 Å². The van der Waals surface area contributed by atoms with Crippen LogP contribution in [0.2, 0.25) is 0 Å². The maximum Gasteiger partial charge on any atom is 0.298 e. The fraction of sp³-hybridized carbons (Fsp3) is 0.500. The molecular weight excluding hydrogens is 681 g/mol. The van der Waals surface area contributed by atoms with Gasteiger partial charge in [-0.05, 0) is 55.3 Å². The number of hydrogen-bond donors (Lipinski definition) is 1. The third-order valence-corrected chi connectivity index (χ3v) is 9.99. The summed E-state index contributed by atoms with van der Waals surface area (Å²) < 4.78 is 51.5. The van der Waals surface area contributed by atoms with Crippen LogP contribution in [0.15, 0.2) is 87.0 Å². The summed E-state index contributed by atoms with van der Waals surface area (Å²) in [5, 5.41) is 14.5. The second kappa shape index (κ2) is 21.3. The van der Waals surface area contributed by atoms with Crippen LogP contribution in [-0.4, -0.2) is 44.9 Å². The van der Waals surface area contributed by atoms with Crippen molar-refractivity contribution in [3.63, 3.8) is 0 Å². The summed E-state index contributed by atoms with van der Waals surface area (Å²) in [5.74, 6) is 0.803. The van der Waals surface area contributed by atoms with Crippen LogP contribution in [0.4, 0.5) is 11.4 Å². The lowest BCUT2D eigenvalue weighted by Crippen LogP contribution is -2.30. The number of hydrogen-bond acceptors (Lipinski definition) is 9. The molecule has 11 nitrogen and oxygen atoms in total. The number of anilines is 1. The maximum atomic E-state index is 13.9. The van der Waals surface area contributed by atoms with Crippen molar-refractivity contribution in [1.29, 1.82) is 0 Å². The minimum Gasteiger partial charge on any atom is -0.497 e. The maximum absolute atomic E-state index is 13.9. The van der Waals surface area contributed by atoms with Gasteiger partial charge in [0, 0.05) is 6.07 Å². The molecule has 1 atom stereocenters. The van der Waals surface area contributed by atoms with E-state index in [4.69, 9.17) is 14.2 Å². The zero-order chi connectivity index (χ0) is 37.2. The number of carbonyl (C=O) groups is 1. The molecule has 0 saturated carbocycles. The Morgan fingerprint density at radius 2 is 1.33 bits per heavy atom. The number of azo groups is 1. The molecule has 1 heterocycles. The van der Waals surface area contributed by atoms with Crippen LogP contribution in [0.3, 0.4) is 0 Å². The molecule has 52 heavy (non-hydrogen) atoms. The van der Waals surface area contributed by atoms with Crippen molar-refractivity contribution in [3.8, 4) is 23.0 Å². The van der Waals surface area contributed by atoms with Gasteiger partial charge in [-0.2, -0.15) is 28.8 Å². The normalized spacial score (nSPS) is 14.6. The van der Waals surface area contributed by atoms with E-state index >= 15 is 0 Å². The van der Waals surface area contributed by atoms with E-state index in [1.165, 1.54) is 102 Å². The van der Waals surface area contributed by atoms with E-state index in [0.717, 1.165) is 24.3 Å². The Hall–Kier alpha value is -4.29. The molecule has 1 aliphatic heterocycles. The number of para-hydroxylation sites is 1. The lowest BCUT2D eigenvalue weighted by molar-refractivity contribution is -0.117. The van der Waals surface area contributed by atoms with E-state index in [0.29, 0.717) is 35.1 Å². The number of benzene rings is 3. The largest absolute Gasteiger partial charge is 0.497 e. The average Bonchev–Trinajstić information content (AvgIpc) is 3.46. The Bertz CT molecular complexity index is 1730. The second-order valence-electron chi connectivity index (χ2n) is 13.1. The molecule has 3 aromatic rings. The van der Waals surface area contributed by atoms with Crippen molar-refractivity contribution >= 4 is 33.1 Å². The van der Waals surface area contributed by atoms with Crippen LogP contribution in [0.5, 0.6) is 23.0 Å². The van der Waals surface area contributed by atoms with Crippen molar-refractivity contribution in [3.05, 3.63) is 66.7 Å². The molecule has 1 aliphatic rings. The van der Waals surface area contributed by atoms with Gasteiger partial charge in [0.2, 0.25) is 0 Å². The monoisotopic (exact) mass is 734 g/mol. The molecule has 0 aromatic heterocycles. The molecule has 0 aliphatic carbocycles. The van der Waals surface area contributed by atoms with Gasteiger partial charge < -0.3 is 14.2 Å². The summed E-state index contributed by atoms with van der Waals surface area (Å²) in [6, 6.07) is 16.7. The van der Waals surface area contributed by atoms with Gasteiger partial charge in [0.15, 0.2) is 6.04 Å². The Morgan fingerprint density at radius 3 is 1.90 bits per heavy atom. The van der Waals surface area contributed by atoms with Crippen LogP contribution in [0.1, 0.15) is 110 Å². The minimum atomic E-state index is -4.73. The van der Waals surface area contributed by atoms with Crippen molar-refractivity contribution in [2.24, 2.45) is 15.3 Å². The summed E-state index contributed by atoms with van der Waals surface area (Å²) in [5.41, 5.74) is 1.04. The molecule has 0 saturated heterocycles. The van der Waals surface area contributed by atoms with Crippen LogP contribution in [-0.2, 0) is 14.9 Å². The number of unbranched alkanes of at least 4 members (excludes halogenated alkanes) is 14. The van der Waals surface area contributed by atoms with Gasteiger partial charge >= 0.3 is 0 Å². The highest BCUT2D eigenvalue weighted by atomic mass is 32.2. The first-order chi connectivity index (χ1) is 25.2. The Kier molecular flexibility index (Phi) is 16.6. The van der Waals surface area contributed by atoms with E-state index in [9.17, 15) is 17.8 Å². The highest BCUT2D eigenvalue weighted by Crippen LogP contribution is 2.36. The zero-order valence-corrected chi connectivity index (χ0v) is 31.7. The van der Waals surface area contributed by atoms with Crippen LogP contribution < -0.4 is 19.2 Å². The predicted octanol–water partition coefficient (Wildman–Crippen LogP) is 10.9. The number of methoxy groups -OCH3 is 2. The van der Waals surface area contributed by atoms with Gasteiger partial charge in [-0.3, -0.25) is 9.35 Å². The van der Waals surface area contributed by atoms with E-state index < -0.39 is 27.0 Å². The van der Waals surface area contributed by atoms with Crippen LogP contribution in [0, 0.1) is 0 Å². The summed E-state index contributed by atoms with van der Waals surface area (Å²) in [6.45, 7) is 2.26. The Balaban J connectivity index is 1.41. The minimum absolute atomic E-state index is 0.0903. The van der Waals surface area contributed by atoms with Crippen LogP contribution >= 0.6 is 0 Å². The highest BCUT2D eigenvalue weighted by molar-refractivity contribution is 7.86. The smallest absolute Gasteiger partial charge is 0.298 e. The molecular formula is C40H54N4O7S. The topological polar surface area (TPSA) is 139 Å². The number of hydrazone groups is 1. The molecule has 1 amide bonds. The Morgan fingerprint density at radius 1 is 0.731 bits per heavy atom. The van der Waals surface area contributed by atoms with Gasteiger partial charge in [-0.1, -0.05) is 115 Å². The average molecular weight is 735 g/mol. The first kappa shape index (κ1) is 40.5. The van der Waals surface area contributed by atoms with Gasteiger partial charge in [-0.15, -0.1) is 0 Å². The molecule has 0 radical (unpaired) electrons. The summed E-state index contributed by atoms with van der Waals surface area (Å²) in [7, 11) is -1.67. The first-order valence-electron chi connectivity index (χ1n) is 18.6. The van der Waals surface area contributed by atoms with E-state index in [-0.39, 0.29) is 11.4 Å². The number of amides is 1. The van der Waals surface area contributed by atoms with Gasteiger partial charge in [0.25, 0.3) is 16.0 Å². The van der Waals surface area contributed by atoms with Crippen molar-refractivity contribution in [2.75, 3.05) is 19.2 Å². The predicted molar refractivity (Wildman–Crippen MR) is 205 cm³/mol. The molecule has 0 bridgehead atoms. The molecule has 4 rings (SSSR count). The third-order valence-electron chi connectivity index (χ3n) is 9.11. The van der Waals surface area contributed by atoms with Crippen LogP contribution in [0.25, 0.3) is 0 Å². The Labute approximate surface area is 309 Å². The standard InChI is InChI=1S/C40H54N4O7S/c1-4-5-6-7-8-9-10-11-12-13-14-15-16-17-21-24-34-39(42-41-35-30-33(49-2)26-28-36(35)50-3)40(45)44(43-34)31-25-27-37(38(29-31)52(46,47)48)51-32-22-19-18-20-23-32/h18-20,22-23,25-30,39H,4-17,21,24H2,1-3H3,(H,46,47,48). The molecule has 282 valence electrons. The number of rotatable bonds is 24. The molecule has 1 N–H and O–H groups in total. The van der Waals surface area contributed by atoms with Gasteiger partial charge in [0.05, 0.1) is 25.6 Å². The first-order valence-corrected chi connectivity index (χ1v) is 20.1. The number of nitrogens with zero attached hydrogens (tertiary/aromatic N) is 4. The van der Waals surface area contributed by atoms with Crippen molar-refractivity contribution in [1.82, 2.24) is 0 Å². The molecule has 3 aromatic carbocycles. The van der Waals surface area contributed by atoms with E-state index in [2.05, 4.69) is 22.3 Å². The van der Waals surface area contributed by atoms with Crippen molar-refractivity contribution in [2.45, 2.75) is 121 Å². The fourth-order valence-corrected chi connectivity index (χ4v) is 6.81. The summed E-state index contributed by atoms with van der Waals surface area (Å²) >= 11 is 0. The van der Waals surface area contributed by atoms with Gasteiger partial charge in [0.1, 0.15) is 33.6 Å². The summed E-state index contributed by atoms with van der Waals surface area (Å²) in [4.78, 5) is 13.4. The SMILES string of the molecule is CCCCCCCCCCCCCCCCCC1=NN(c2ccc(Oc3ccccc3)c(S(=O)(=O)O)c2)C(=O)C1N=Nc1cc(OC)ccc1OC. The number of carbonyl (C=O) groups excluding carboxylic acids is 1. The van der Waals surface area contributed by atoms with E-state index in [1.54, 1.807) is 55.6 Å². The lowest BCUT2D eigenvalue weighted by atomic mass is 10.0. The second-order valence-corrected chi connectivity index (χ2v) is 14.5. The van der Waals surface area contributed by atoms with Crippen molar-refractivity contribution < 1.29 is 32.0 Å². The van der Waals surface area contributed by atoms with E-state index in [1.807, 2.05) is 0 Å². The molecule has 0 fully saturated rings. The molecule has 0 spiro atoms.